The van der Waals surface area contributed by atoms with Crippen LogP contribution in [0.15, 0.2) is 18.3 Å². The first-order valence-corrected chi connectivity index (χ1v) is 4.64. The highest BCUT2D eigenvalue weighted by Gasteiger charge is 2.01. The van der Waals surface area contributed by atoms with Crippen LogP contribution in [0.2, 0.25) is 0 Å². The van der Waals surface area contributed by atoms with Gasteiger partial charge in [0.2, 0.25) is 5.91 Å². The number of carbonyl (C=O) groups is 2. The Morgan fingerprint density at radius 1 is 1.62 bits per heavy atom. The Balaban J connectivity index is 2.43. The third-order valence-corrected chi connectivity index (χ3v) is 1.90. The summed E-state index contributed by atoms with van der Waals surface area (Å²) >= 11 is 0. The van der Waals surface area contributed by atoms with Crippen molar-refractivity contribution in [3.8, 4) is 0 Å². The van der Waals surface area contributed by atoms with E-state index in [2.05, 4.69) is 15.2 Å². The summed E-state index contributed by atoms with van der Waals surface area (Å²) in [5, 5.41) is 6.33. The van der Waals surface area contributed by atoms with Crippen molar-refractivity contribution in [3.63, 3.8) is 0 Å². The van der Waals surface area contributed by atoms with Crippen molar-refractivity contribution in [3.05, 3.63) is 24.0 Å². The summed E-state index contributed by atoms with van der Waals surface area (Å²) < 4.78 is 6.01. The van der Waals surface area contributed by atoms with Gasteiger partial charge in [-0.2, -0.15) is 5.10 Å². The number of ether oxygens (including phenoxy) is 1. The van der Waals surface area contributed by atoms with Crippen molar-refractivity contribution in [2.75, 3.05) is 13.7 Å². The summed E-state index contributed by atoms with van der Waals surface area (Å²) in [7, 11) is 3.03. The third kappa shape index (κ3) is 3.56. The Morgan fingerprint density at radius 3 is 2.94 bits per heavy atom. The molecule has 16 heavy (non-hydrogen) atoms. The van der Waals surface area contributed by atoms with Crippen LogP contribution >= 0.6 is 0 Å². The molecule has 1 N–H and O–H groups in total. The molecule has 0 unspecified atom stereocenters. The predicted octanol–water partition coefficient (Wildman–Crippen LogP) is -0.278. The minimum Gasteiger partial charge on any atom is -0.468 e. The summed E-state index contributed by atoms with van der Waals surface area (Å²) in [5.41, 5.74) is 0.799. The van der Waals surface area contributed by atoms with Crippen LogP contribution in [0.1, 0.15) is 5.69 Å². The third-order valence-electron chi connectivity index (χ3n) is 1.90. The van der Waals surface area contributed by atoms with Crippen LogP contribution in [-0.2, 0) is 21.4 Å². The molecule has 0 atom stereocenters. The van der Waals surface area contributed by atoms with E-state index in [1.807, 2.05) is 0 Å². The van der Waals surface area contributed by atoms with Gasteiger partial charge in [-0.25, -0.2) is 0 Å². The summed E-state index contributed by atoms with van der Waals surface area (Å²) in [6.45, 7) is -0.134. The molecule has 0 spiro atoms. The van der Waals surface area contributed by atoms with E-state index in [-0.39, 0.29) is 12.5 Å². The largest absolute Gasteiger partial charge is 0.468 e. The molecule has 86 valence electrons. The smallest absolute Gasteiger partial charge is 0.325 e. The molecule has 1 amide bonds. The van der Waals surface area contributed by atoms with Gasteiger partial charge in [-0.3, -0.25) is 14.3 Å². The zero-order valence-corrected chi connectivity index (χ0v) is 9.14. The van der Waals surface area contributed by atoms with E-state index in [4.69, 9.17) is 0 Å². The molecule has 0 aliphatic rings. The first kappa shape index (κ1) is 12.0. The van der Waals surface area contributed by atoms with Crippen molar-refractivity contribution in [1.82, 2.24) is 15.1 Å². The molecule has 6 nitrogen and oxygen atoms in total. The van der Waals surface area contributed by atoms with E-state index in [1.165, 1.54) is 13.2 Å². The number of aromatic nitrogens is 2. The van der Waals surface area contributed by atoms with Crippen molar-refractivity contribution in [2.24, 2.45) is 7.05 Å². The fraction of sp³-hybridized carbons (Fsp3) is 0.300. The quantitative estimate of drug-likeness (QED) is 0.563. The normalized spacial score (nSPS) is 10.4. The molecule has 1 aromatic rings. The second-order valence-electron chi connectivity index (χ2n) is 3.01. The lowest BCUT2D eigenvalue weighted by Gasteiger charge is -1.99. The lowest BCUT2D eigenvalue weighted by molar-refractivity contribution is -0.140. The summed E-state index contributed by atoms with van der Waals surface area (Å²) in [6.07, 6.45) is 4.57. The zero-order valence-electron chi connectivity index (χ0n) is 9.14. The van der Waals surface area contributed by atoms with E-state index in [0.717, 1.165) is 5.69 Å². The Hall–Kier alpha value is -2.11. The van der Waals surface area contributed by atoms with Crippen LogP contribution in [0.4, 0.5) is 0 Å². The van der Waals surface area contributed by atoms with Gasteiger partial charge in [-0.1, -0.05) is 0 Å². The van der Waals surface area contributed by atoms with Gasteiger partial charge < -0.3 is 10.1 Å². The monoisotopic (exact) mass is 223 g/mol. The maximum absolute atomic E-state index is 11.2. The van der Waals surface area contributed by atoms with Crippen molar-refractivity contribution >= 4 is 18.0 Å². The highest BCUT2D eigenvalue weighted by Crippen LogP contribution is 1.98. The minimum absolute atomic E-state index is 0.134. The van der Waals surface area contributed by atoms with E-state index in [1.54, 1.807) is 30.1 Å². The van der Waals surface area contributed by atoms with Crippen LogP contribution in [0, 0.1) is 0 Å². The van der Waals surface area contributed by atoms with Crippen LogP contribution in [0.5, 0.6) is 0 Å². The van der Waals surface area contributed by atoms with Gasteiger partial charge in [-0.05, 0) is 12.1 Å². The summed E-state index contributed by atoms with van der Waals surface area (Å²) in [6, 6.07) is 1.77. The molecule has 0 saturated heterocycles. The van der Waals surface area contributed by atoms with Crippen molar-refractivity contribution in [2.45, 2.75) is 0 Å². The predicted molar refractivity (Wildman–Crippen MR) is 57.3 cm³/mol. The summed E-state index contributed by atoms with van der Waals surface area (Å²) in [5.74, 6) is -0.839. The van der Waals surface area contributed by atoms with Crippen molar-refractivity contribution < 1.29 is 14.3 Å². The highest BCUT2D eigenvalue weighted by atomic mass is 16.5. The number of hydrogen-bond acceptors (Lipinski definition) is 4. The van der Waals surface area contributed by atoms with E-state index >= 15 is 0 Å². The van der Waals surface area contributed by atoms with E-state index in [0.29, 0.717) is 0 Å². The molecule has 0 bridgehead atoms. The Bertz CT molecular complexity index is 409. The van der Waals surface area contributed by atoms with Crippen LogP contribution < -0.4 is 5.32 Å². The number of esters is 1. The number of aryl methyl sites for hydroxylation is 1. The van der Waals surface area contributed by atoms with Crippen LogP contribution in [-0.4, -0.2) is 35.3 Å². The highest BCUT2D eigenvalue weighted by molar-refractivity contribution is 5.93. The average Bonchev–Trinajstić information content (AvgIpc) is 2.69. The van der Waals surface area contributed by atoms with Gasteiger partial charge in [0.15, 0.2) is 0 Å². The SMILES string of the molecule is COC(=O)CNC(=O)/C=C/c1ccnn1C. The summed E-state index contributed by atoms with van der Waals surface area (Å²) in [4.78, 5) is 22.0. The molecular weight excluding hydrogens is 210 g/mol. The molecule has 1 heterocycles. The van der Waals surface area contributed by atoms with Gasteiger partial charge in [0.1, 0.15) is 6.54 Å². The fourth-order valence-electron chi connectivity index (χ4n) is 0.999. The Labute approximate surface area is 92.9 Å². The maximum Gasteiger partial charge on any atom is 0.325 e. The Morgan fingerprint density at radius 2 is 2.38 bits per heavy atom. The lowest BCUT2D eigenvalue weighted by atomic mass is 10.3. The van der Waals surface area contributed by atoms with Gasteiger partial charge in [-0.15, -0.1) is 0 Å². The number of rotatable bonds is 4. The Kier molecular flexibility index (Phi) is 4.26. The number of carbonyl (C=O) groups excluding carboxylic acids is 2. The first-order chi connectivity index (χ1) is 7.63. The van der Waals surface area contributed by atoms with E-state index < -0.39 is 5.97 Å². The number of methoxy groups -OCH3 is 1. The minimum atomic E-state index is -0.484. The molecule has 6 heteroatoms. The zero-order chi connectivity index (χ0) is 12.0. The molecule has 0 fully saturated rings. The first-order valence-electron chi connectivity index (χ1n) is 4.64. The maximum atomic E-state index is 11.2. The number of hydrogen-bond donors (Lipinski definition) is 1. The van der Waals surface area contributed by atoms with Crippen LogP contribution in [0.3, 0.4) is 0 Å². The standard InChI is InChI=1S/C10H13N3O3/c1-13-8(5-6-12-13)3-4-9(14)11-7-10(15)16-2/h3-6H,7H2,1-2H3,(H,11,14)/b4-3+. The topological polar surface area (TPSA) is 73.2 Å². The molecule has 0 radical (unpaired) electrons. The molecule has 1 aromatic heterocycles. The molecule has 0 saturated carbocycles. The average molecular weight is 223 g/mol. The number of nitrogens with one attached hydrogen (secondary N) is 1. The molecule has 0 aliphatic heterocycles. The van der Waals surface area contributed by atoms with Gasteiger partial charge in [0.05, 0.1) is 12.8 Å². The van der Waals surface area contributed by atoms with Crippen molar-refractivity contribution in [1.29, 1.82) is 0 Å². The second-order valence-corrected chi connectivity index (χ2v) is 3.01. The molecule has 1 rings (SSSR count). The number of nitrogens with zero attached hydrogens (tertiary/aromatic N) is 2. The van der Waals surface area contributed by atoms with E-state index in [9.17, 15) is 9.59 Å². The van der Waals surface area contributed by atoms with Gasteiger partial charge in [0.25, 0.3) is 0 Å². The molecule has 0 aliphatic carbocycles. The van der Waals surface area contributed by atoms with Crippen LogP contribution in [0.25, 0.3) is 6.08 Å². The second kappa shape index (κ2) is 5.69. The molecular formula is C10H13N3O3. The number of amides is 1. The lowest BCUT2D eigenvalue weighted by Crippen LogP contribution is -2.28. The molecule has 0 aromatic carbocycles. The van der Waals surface area contributed by atoms with Gasteiger partial charge in [0, 0.05) is 19.3 Å². The fourth-order valence-corrected chi connectivity index (χ4v) is 0.999. The van der Waals surface area contributed by atoms with Gasteiger partial charge >= 0.3 is 5.97 Å².